The zero-order valence-electron chi connectivity index (χ0n) is 10.8. The molecule has 1 amide bonds. The summed E-state index contributed by atoms with van der Waals surface area (Å²) in [6.45, 7) is 5.14. The summed E-state index contributed by atoms with van der Waals surface area (Å²) in [6, 6.07) is 2.67. The van der Waals surface area contributed by atoms with Gasteiger partial charge in [0.15, 0.2) is 0 Å². The normalized spacial score (nSPS) is 26.5. The third-order valence-electron chi connectivity index (χ3n) is 4.11. The van der Waals surface area contributed by atoms with Crippen molar-refractivity contribution in [2.75, 3.05) is 26.7 Å². The lowest BCUT2D eigenvalue weighted by atomic mass is 10.1. The second-order valence-corrected chi connectivity index (χ2v) is 5.30. The molecule has 0 bridgehead atoms. The van der Waals surface area contributed by atoms with E-state index in [0.29, 0.717) is 6.04 Å². The van der Waals surface area contributed by atoms with Crippen molar-refractivity contribution in [3.63, 3.8) is 0 Å². The monoisotopic (exact) mass is 235 g/mol. The quantitative estimate of drug-likeness (QED) is 0.736. The molecule has 4 nitrogen and oxygen atoms in total. The minimum Gasteiger partial charge on any atom is -0.343 e. The van der Waals surface area contributed by atoms with Crippen LogP contribution in [0.25, 0.3) is 0 Å². The van der Waals surface area contributed by atoms with Crippen LogP contribution in [0.15, 0.2) is 0 Å². The zero-order chi connectivity index (χ0) is 12.5. The predicted molar refractivity (Wildman–Crippen MR) is 65.2 cm³/mol. The zero-order valence-corrected chi connectivity index (χ0v) is 10.8. The standard InChI is InChI=1S/C13H21N3O/c1-3-16-8-4-5-11(16)9-15(2)12(17)13(10-14)6-7-13/h11H,3-9H2,1-2H3. The van der Waals surface area contributed by atoms with E-state index in [1.807, 2.05) is 7.05 Å². The largest absolute Gasteiger partial charge is 0.343 e. The summed E-state index contributed by atoms with van der Waals surface area (Å²) in [4.78, 5) is 16.3. The van der Waals surface area contributed by atoms with Gasteiger partial charge < -0.3 is 4.90 Å². The maximum Gasteiger partial charge on any atom is 0.242 e. The Bertz CT molecular complexity index is 343. The van der Waals surface area contributed by atoms with E-state index in [4.69, 9.17) is 5.26 Å². The molecule has 1 saturated heterocycles. The molecule has 4 heteroatoms. The molecular weight excluding hydrogens is 214 g/mol. The smallest absolute Gasteiger partial charge is 0.242 e. The number of likely N-dealkylation sites (tertiary alicyclic amines) is 1. The second kappa shape index (κ2) is 4.66. The lowest BCUT2D eigenvalue weighted by Gasteiger charge is -2.28. The van der Waals surface area contributed by atoms with Gasteiger partial charge in [-0.1, -0.05) is 6.92 Å². The first kappa shape index (κ1) is 12.4. The van der Waals surface area contributed by atoms with Crippen LogP contribution in [0.1, 0.15) is 32.6 Å². The number of hydrogen-bond donors (Lipinski definition) is 0. The van der Waals surface area contributed by atoms with Crippen molar-refractivity contribution in [1.29, 1.82) is 5.26 Å². The Morgan fingerprint density at radius 2 is 2.29 bits per heavy atom. The highest BCUT2D eigenvalue weighted by atomic mass is 16.2. The molecule has 1 aliphatic heterocycles. The number of nitrogens with zero attached hydrogens (tertiary/aromatic N) is 3. The van der Waals surface area contributed by atoms with E-state index in [0.717, 1.165) is 32.5 Å². The summed E-state index contributed by atoms with van der Waals surface area (Å²) in [7, 11) is 1.84. The maximum absolute atomic E-state index is 12.1. The van der Waals surface area contributed by atoms with Gasteiger partial charge in [0, 0.05) is 19.6 Å². The van der Waals surface area contributed by atoms with Crippen molar-refractivity contribution in [3.05, 3.63) is 0 Å². The van der Waals surface area contributed by atoms with Gasteiger partial charge in [-0.25, -0.2) is 0 Å². The van der Waals surface area contributed by atoms with Crippen molar-refractivity contribution in [1.82, 2.24) is 9.80 Å². The van der Waals surface area contributed by atoms with Gasteiger partial charge >= 0.3 is 0 Å². The van der Waals surface area contributed by atoms with E-state index >= 15 is 0 Å². The first-order chi connectivity index (χ1) is 8.13. The van der Waals surface area contributed by atoms with E-state index in [-0.39, 0.29) is 5.91 Å². The lowest BCUT2D eigenvalue weighted by molar-refractivity contribution is -0.134. The molecule has 1 saturated carbocycles. The molecule has 2 rings (SSSR count). The average molecular weight is 235 g/mol. The molecule has 0 radical (unpaired) electrons. The molecule has 1 unspecified atom stereocenters. The van der Waals surface area contributed by atoms with Gasteiger partial charge in [0.05, 0.1) is 6.07 Å². The topological polar surface area (TPSA) is 47.3 Å². The molecule has 0 aromatic rings. The van der Waals surface area contributed by atoms with Gasteiger partial charge in [-0.3, -0.25) is 9.69 Å². The Morgan fingerprint density at radius 1 is 1.59 bits per heavy atom. The third kappa shape index (κ3) is 2.30. The van der Waals surface area contributed by atoms with E-state index in [1.165, 1.54) is 12.8 Å². The molecule has 0 aromatic carbocycles. The Morgan fingerprint density at radius 3 is 2.82 bits per heavy atom. The van der Waals surface area contributed by atoms with E-state index < -0.39 is 5.41 Å². The summed E-state index contributed by atoms with van der Waals surface area (Å²) in [5, 5.41) is 9.03. The molecule has 1 heterocycles. The van der Waals surface area contributed by atoms with Crippen LogP contribution < -0.4 is 0 Å². The van der Waals surface area contributed by atoms with Crippen molar-refractivity contribution in [2.24, 2.45) is 5.41 Å². The van der Waals surface area contributed by atoms with Crippen LogP contribution in [-0.4, -0.2) is 48.4 Å². The highest BCUT2D eigenvalue weighted by Gasteiger charge is 2.52. The van der Waals surface area contributed by atoms with Crippen LogP contribution in [-0.2, 0) is 4.79 Å². The first-order valence-corrected chi connectivity index (χ1v) is 6.54. The number of likely N-dealkylation sites (N-methyl/N-ethyl adjacent to an activating group) is 2. The maximum atomic E-state index is 12.1. The highest BCUT2D eigenvalue weighted by molar-refractivity contribution is 5.88. The van der Waals surface area contributed by atoms with Crippen LogP contribution in [0.5, 0.6) is 0 Å². The Kier molecular flexibility index (Phi) is 3.39. The van der Waals surface area contributed by atoms with Gasteiger partial charge in [-0.2, -0.15) is 5.26 Å². The van der Waals surface area contributed by atoms with Crippen molar-refractivity contribution in [2.45, 2.75) is 38.6 Å². The number of amides is 1. The Hall–Kier alpha value is -1.08. The van der Waals surface area contributed by atoms with E-state index in [1.54, 1.807) is 4.90 Å². The molecule has 17 heavy (non-hydrogen) atoms. The van der Waals surface area contributed by atoms with Crippen LogP contribution in [0.2, 0.25) is 0 Å². The summed E-state index contributed by atoms with van der Waals surface area (Å²) in [5.74, 6) is 0.0305. The molecule has 1 atom stereocenters. The number of rotatable bonds is 4. The second-order valence-electron chi connectivity index (χ2n) is 5.30. The van der Waals surface area contributed by atoms with Gasteiger partial charge in [-0.05, 0) is 38.8 Å². The fourth-order valence-electron chi connectivity index (χ4n) is 2.78. The Balaban J connectivity index is 1.91. The molecule has 0 spiro atoms. The van der Waals surface area contributed by atoms with Crippen LogP contribution in [0.4, 0.5) is 0 Å². The SMILES string of the molecule is CCN1CCCC1CN(C)C(=O)C1(C#N)CC1. The van der Waals surface area contributed by atoms with E-state index in [9.17, 15) is 4.79 Å². The summed E-state index contributed by atoms with van der Waals surface area (Å²) < 4.78 is 0. The molecule has 0 aromatic heterocycles. The van der Waals surface area contributed by atoms with Crippen molar-refractivity contribution >= 4 is 5.91 Å². The molecule has 0 N–H and O–H groups in total. The van der Waals surface area contributed by atoms with Crippen LogP contribution in [0.3, 0.4) is 0 Å². The number of carbonyl (C=O) groups is 1. The molecule has 2 aliphatic rings. The fraction of sp³-hybridized carbons (Fsp3) is 0.846. The lowest BCUT2D eigenvalue weighted by Crippen LogP contribution is -2.43. The van der Waals surface area contributed by atoms with Gasteiger partial charge in [0.2, 0.25) is 5.91 Å². The van der Waals surface area contributed by atoms with Gasteiger partial charge in [-0.15, -0.1) is 0 Å². The van der Waals surface area contributed by atoms with Crippen LogP contribution >= 0.6 is 0 Å². The summed E-state index contributed by atoms with van der Waals surface area (Å²) in [5.41, 5.74) is -0.662. The van der Waals surface area contributed by atoms with Gasteiger partial charge in [0.1, 0.15) is 5.41 Å². The Labute approximate surface area is 103 Å². The van der Waals surface area contributed by atoms with E-state index in [2.05, 4.69) is 17.9 Å². The van der Waals surface area contributed by atoms with Crippen molar-refractivity contribution in [3.8, 4) is 6.07 Å². The highest BCUT2D eigenvalue weighted by Crippen LogP contribution is 2.46. The van der Waals surface area contributed by atoms with Crippen molar-refractivity contribution < 1.29 is 4.79 Å². The molecule has 2 fully saturated rings. The fourth-order valence-corrected chi connectivity index (χ4v) is 2.78. The summed E-state index contributed by atoms with van der Waals surface area (Å²) in [6.07, 6.45) is 3.89. The van der Waals surface area contributed by atoms with Gasteiger partial charge in [0.25, 0.3) is 0 Å². The predicted octanol–water partition coefficient (Wildman–Crippen LogP) is 1.23. The average Bonchev–Trinajstić information content (AvgIpc) is 3.02. The first-order valence-electron chi connectivity index (χ1n) is 6.54. The summed E-state index contributed by atoms with van der Waals surface area (Å²) >= 11 is 0. The number of nitriles is 1. The third-order valence-corrected chi connectivity index (χ3v) is 4.11. The number of hydrogen-bond acceptors (Lipinski definition) is 3. The van der Waals surface area contributed by atoms with Crippen LogP contribution in [0, 0.1) is 16.7 Å². The molecule has 94 valence electrons. The minimum atomic E-state index is -0.662. The minimum absolute atomic E-state index is 0.0305. The number of carbonyl (C=O) groups excluding carboxylic acids is 1. The molecular formula is C13H21N3O. The molecule has 1 aliphatic carbocycles.